The maximum atomic E-state index is 11.5. The van der Waals surface area contributed by atoms with E-state index in [9.17, 15) is 13.2 Å². The third-order valence-corrected chi connectivity index (χ3v) is 3.46. The summed E-state index contributed by atoms with van der Waals surface area (Å²) < 4.78 is 35.7. The third-order valence-electron chi connectivity index (χ3n) is 2.12. The molecule has 0 aliphatic rings. The summed E-state index contributed by atoms with van der Waals surface area (Å²) in [6, 6.07) is 3.29. The lowest BCUT2D eigenvalue weighted by Gasteiger charge is -2.26. The van der Waals surface area contributed by atoms with E-state index in [0.717, 1.165) is 11.0 Å². The van der Waals surface area contributed by atoms with Gasteiger partial charge in [0, 0.05) is 12.4 Å². The fourth-order valence-corrected chi connectivity index (χ4v) is 0.955. The number of carbonyl (C=O) groups excluding carboxylic acids is 1. The van der Waals surface area contributed by atoms with Crippen molar-refractivity contribution in [2.24, 2.45) is 0 Å². The summed E-state index contributed by atoms with van der Waals surface area (Å²) in [7, 11) is -3.29. The molecule has 0 unspecified atom stereocenters. The molecule has 1 aromatic rings. The van der Waals surface area contributed by atoms with Crippen molar-refractivity contribution in [2.45, 2.75) is 19.4 Å². The second kappa shape index (κ2) is 9.23. The first-order valence-corrected chi connectivity index (χ1v) is 7.75. The quantitative estimate of drug-likeness (QED) is 0.474. The van der Waals surface area contributed by atoms with Crippen LogP contribution >= 0.6 is 23.6 Å². The SMILES string of the molecule is CC(C)(COC(=O)c1cccnc1)N(Cl)Cl.COS(=O)(=O)O. The molecule has 1 rings (SSSR count). The molecular weight excluding hydrogens is 359 g/mol. The van der Waals surface area contributed by atoms with E-state index in [-0.39, 0.29) is 6.61 Å². The van der Waals surface area contributed by atoms with Crippen molar-refractivity contribution in [3.05, 3.63) is 30.1 Å². The van der Waals surface area contributed by atoms with Gasteiger partial charge in [-0.2, -0.15) is 8.42 Å². The van der Waals surface area contributed by atoms with Crippen LogP contribution in [0.15, 0.2) is 24.5 Å². The Morgan fingerprint density at radius 2 is 2.00 bits per heavy atom. The van der Waals surface area contributed by atoms with Crippen LogP contribution in [0, 0.1) is 0 Å². The van der Waals surface area contributed by atoms with Crippen LogP contribution in [-0.4, -0.2) is 47.1 Å². The van der Waals surface area contributed by atoms with E-state index in [1.807, 2.05) is 0 Å². The summed E-state index contributed by atoms with van der Waals surface area (Å²) in [5.41, 5.74) is -0.241. The molecule has 0 aromatic carbocycles. The first kappa shape index (κ1) is 21.0. The van der Waals surface area contributed by atoms with Crippen LogP contribution in [0.1, 0.15) is 24.2 Å². The van der Waals surface area contributed by atoms with Gasteiger partial charge in [0.05, 0.1) is 18.2 Å². The lowest BCUT2D eigenvalue weighted by Crippen LogP contribution is -2.37. The molecule has 0 amide bonds. The van der Waals surface area contributed by atoms with E-state index >= 15 is 0 Å². The highest BCUT2D eigenvalue weighted by Gasteiger charge is 2.26. The van der Waals surface area contributed by atoms with Crippen LogP contribution in [0.4, 0.5) is 0 Å². The Bertz CT molecular complexity index is 565. The van der Waals surface area contributed by atoms with Gasteiger partial charge in [-0.15, -0.1) is 3.94 Å². The van der Waals surface area contributed by atoms with Gasteiger partial charge >= 0.3 is 16.4 Å². The lowest BCUT2D eigenvalue weighted by molar-refractivity contribution is 0.0372. The minimum Gasteiger partial charge on any atom is -0.460 e. The molecule has 8 nitrogen and oxygen atoms in total. The van der Waals surface area contributed by atoms with Gasteiger partial charge in [-0.1, -0.05) is 0 Å². The molecule has 22 heavy (non-hydrogen) atoms. The zero-order chi connectivity index (χ0) is 17.4. The van der Waals surface area contributed by atoms with Gasteiger partial charge in [0.2, 0.25) is 0 Å². The summed E-state index contributed by atoms with van der Waals surface area (Å²) in [6.07, 6.45) is 3.02. The van der Waals surface area contributed by atoms with E-state index in [2.05, 4.69) is 9.17 Å². The fraction of sp³-hybridized carbons (Fsp3) is 0.455. The second-order valence-corrected chi connectivity index (χ2v) is 6.50. The normalized spacial score (nSPS) is 11.6. The summed E-state index contributed by atoms with van der Waals surface area (Å²) in [6.45, 7) is 3.60. The Kier molecular flexibility index (Phi) is 8.83. The summed E-state index contributed by atoms with van der Waals surface area (Å²) in [5.74, 6) is -0.448. The zero-order valence-corrected chi connectivity index (χ0v) is 14.4. The van der Waals surface area contributed by atoms with Gasteiger partial charge < -0.3 is 4.74 Å². The number of nitrogens with zero attached hydrogens (tertiary/aromatic N) is 2. The van der Waals surface area contributed by atoms with Gasteiger partial charge in [-0.05, 0) is 49.5 Å². The van der Waals surface area contributed by atoms with Crippen molar-refractivity contribution < 1.29 is 26.7 Å². The third kappa shape index (κ3) is 9.13. The molecule has 0 aliphatic carbocycles. The monoisotopic (exact) mass is 374 g/mol. The Labute approximate surface area is 139 Å². The Morgan fingerprint density at radius 1 is 1.45 bits per heavy atom. The number of aromatic nitrogens is 1. The van der Waals surface area contributed by atoms with Crippen LogP contribution in [0.3, 0.4) is 0 Å². The molecule has 0 bridgehead atoms. The molecule has 0 radical (unpaired) electrons. The number of halogens is 2. The minimum absolute atomic E-state index is 0.0910. The van der Waals surface area contributed by atoms with E-state index < -0.39 is 21.9 Å². The molecule has 0 atom stereocenters. The average Bonchev–Trinajstić information content (AvgIpc) is 2.45. The molecule has 1 aromatic heterocycles. The van der Waals surface area contributed by atoms with Gasteiger partial charge in [-0.25, -0.2) is 4.79 Å². The Hall–Kier alpha value is -0.970. The number of esters is 1. The minimum atomic E-state index is -4.16. The van der Waals surface area contributed by atoms with Crippen molar-refractivity contribution in [2.75, 3.05) is 13.7 Å². The van der Waals surface area contributed by atoms with Gasteiger partial charge in [-0.3, -0.25) is 13.7 Å². The first-order chi connectivity index (χ1) is 9.99. The molecule has 0 fully saturated rings. The summed E-state index contributed by atoms with van der Waals surface area (Å²) in [5, 5.41) is 0. The lowest BCUT2D eigenvalue weighted by atomic mass is 10.1. The average molecular weight is 375 g/mol. The van der Waals surface area contributed by atoms with E-state index in [4.69, 9.17) is 32.8 Å². The molecule has 1 heterocycles. The van der Waals surface area contributed by atoms with Gasteiger partial charge in [0.1, 0.15) is 6.61 Å². The number of carbonyl (C=O) groups is 1. The number of ether oxygens (including phenoxy) is 1. The molecule has 11 heteroatoms. The van der Waals surface area contributed by atoms with Crippen molar-refractivity contribution in [1.29, 1.82) is 0 Å². The van der Waals surface area contributed by atoms with Crippen LogP contribution < -0.4 is 0 Å². The molecule has 0 spiro atoms. The van der Waals surface area contributed by atoms with E-state index in [1.54, 1.807) is 32.2 Å². The Balaban J connectivity index is 0.000000626. The molecule has 126 valence electrons. The second-order valence-electron chi connectivity index (χ2n) is 4.46. The van der Waals surface area contributed by atoms with Crippen LogP contribution in [-0.2, 0) is 19.3 Å². The molecular formula is C11H16Cl2N2O6S. The van der Waals surface area contributed by atoms with E-state index in [1.165, 1.54) is 6.20 Å². The number of pyridine rings is 1. The van der Waals surface area contributed by atoms with Crippen LogP contribution in [0.2, 0.25) is 0 Å². The molecule has 1 N–H and O–H groups in total. The molecule has 0 saturated heterocycles. The topological polar surface area (TPSA) is 106 Å². The fourth-order valence-electron chi connectivity index (χ4n) is 0.858. The standard InChI is InChI=1S/C10H12Cl2N2O2.CH4O4S/c1-10(2,14(11)12)7-16-9(15)8-4-3-5-13-6-8;1-5-6(2,3)4/h3-6H,7H2,1-2H3;1H3,(H,2,3,4). The van der Waals surface area contributed by atoms with Crippen LogP contribution in [0.5, 0.6) is 0 Å². The molecule has 0 aliphatic heterocycles. The number of rotatable bonds is 5. The predicted molar refractivity (Wildman–Crippen MR) is 80.7 cm³/mol. The predicted octanol–water partition coefficient (Wildman–Crippen LogP) is 2.06. The van der Waals surface area contributed by atoms with Crippen molar-refractivity contribution in [3.63, 3.8) is 0 Å². The zero-order valence-electron chi connectivity index (χ0n) is 12.1. The van der Waals surface area contributed by atoms with Gasteiger partial charge in [0.25, 0.3) is 0 Å². The highest BCUT2D eigenvalue weighted by atomic mass is 35.5. The maximum absolute atomic E-state index is 11.5. The largest absolute Gasteiger partial charge is 0.460 e. The smallest absolute Gasteiger partial charge is 0.397 e. The summed E-state index contributed by atoms with van der Waals surface area (Å²) in [4.78, 5) is 15.4. The van der Waals surface area contributed by atoms with Crippen molar-refractivity contribution in [3.8, 4) is 0 Å². The van der Waals surface area contributed by atoms with Crippen LogP contribution in [0.25, 0.3) is 0 Å². The van der Waals surface area contributed by atoms with Crippen molar-refractivity contribution >= 4 is 39.9 Å². The Morgan fingerprint density at radius 3 is 2.36 bits per heavy atom. The number of hydrogen-bond donors (Lipinski definition) is 1. The number of hydrogen-bond acceptors (Lipinski definition) is 7. The summed E-state index contributed by atoms with van der Waals surface area (Å²) >= 11 is 11.2. The van der Waals surface area contributed by atoms with Gasteiger partial charge in [0.15, 0.2) is 0 Å². The van der Waals surface area contributed by atoms with E-state index in [0.29, 0.717) is 5.56 Å². The first-order valence-electron chi connectivity index (χ1n) is 5.71. The maximum Gasteiger partial charge on any atom is 0.397 e. The molecule has 0 saturated carbocycles. The van der Waals surface area contributed by atoms with Crippen molar-refractivity contribution in [1.82, 2.24) is 8.92 Å². The highest BCUT2D eigenvalue weighted by Crippen LogP contribution is 2.20. The highest BCUT2D eigenvalue weighted by molar-refractivity contribution is 7.80.